The third-order valence-corrected chi connectivity index (χ3v) is 5.35. The lowest BCUT2D eigenvalue weighted by Gasteiger charge is -2.22. The van der Waals surface area contributed by atoms with E-state index in [4.69, 9.17) is 9.47 Å². The average molecular weight is 460 g/mol. The lowest BCUT2D eigenvalue weighted by Crippen LogP contribution is -2.39. The molecule has 0 atom stereocenters. The molecule has 1 N–H and O–H groups in total. The minimum Gasteiger partial charge on any atom is -0.490 e. The standard InChI is InChI=1S/C23H29N3O5S/c1-6-10-31-21-9-8-19(14-22(21)30-7-2)15-24-25-23(27)16-26(32(5,28)29)20-12-17(3)11-18(4)13-20/h6,8-9,11-15H,1,7,10,16H2,2-5H3,(H,25,27)/b24-15+. The molecular weight excluding hydrogens is 430 g/mol. The smallest absolute Gasteiger partial charge is 0.260 e. The van der Waals surface area contributed by atoms with Crippen LogP contribution in [0.3, 0.4) is 0 Å². The minimum atomic E-state index is -3.67. The van der Waals surface area contributed by atoms with Crippen LogP contribution in [0.15, 0.2) is 54.2 Å². The van der Waals surface area contributed by atoms with E-state index in [1.807, 2.05) is 26.8 Å². The molecule has 8 nitrogen and oxygen atoms in total. The molecule has 0 aliphatic carbocycles. The number of hydrazone groups is 1. The number of anilines is 1. The number of nitrogens with zero attached hydrogens (tertiary/aromatic N) is 2. The number of benzene rings is 2. The first kappa shape index (κ1) is 24.9. The topological polar surface area (TPSA) is 97.3 Å². The van der Waals surface area contributed by atoms with Crippen molar-refractivity contribution in [2.45, 2.75) is 20.8 Å². The maximum Gasteiger partial charge on any atom is 0.260 e. The lowest BCUT2D eigenvalue weighted by atomic mass is 10.1. The summed E-state index contributed by atoms with van der Waals surface area (Å²) in [6.07, 6.45) is 4.14. The van der Waals surface area contributed by atoms with Crippen molar-refractivity contribution in [3.63, 3.8) is 0 Å². The van der Waals surface area contributed by atoms with Crippen LogP contribution in [0.5, 0.6) is 11.5 Å². The van der Waals surface area contributed by atoms with Crippen molar-refractivity contribution < 1.29 is 22.7 Å². The number of hydrogen-bond acceptors (Lipinski definition) is 6. The Labute approximate surface area is 189 Å². The zero-order valence-electron chi connectivity index (χ0n) is 18.8. The van der Waals surface area contributed by atoms with E-state index in [1.165, 1.54) is 6.21 Å². The molecule has 0 aliphatic heterocycles. The Hall–Kier alpha value is -3.33. The summed E-state index contributed by atoms with van der Waals surface area (Å²) >= 11 is 0. The van der Waals surface area contributed by atoms with E-state index in [2.05, 4.69) is 17.1 Å². The van der Waals surface area contributed by atoms with Crippen molar-refractivity contribution >= 4 is 27.8 Å². The number of rotatable bonds is 11. The van der Waals surface area contributed by atoms with E-state index in [-0.39, 0.29) is 0 Å². The lowest BCUT2D eigenvalue weighted by molar-refractivity contribution is -0.119. The zero-order chi connectivity index (χ0) is 23.7. The van der Waals surface area contributed by atoms with E-state index >= 15 is 0 Å². The molecule has 0 fully saturated rings. The van der Waals surface area contributed by atoms with Crippen molar-refractivity contribution in [1.29, 1.82) is 0 Å². The summed E-state index contributed by atoms with van der Waals surface area (Å²) in [5.41, 5.74) is 5.28. The third kappa shape index (κ3) is 7.42. The third-order valence-electron chi connectivity index (χ3n) is 4.21. The molecule has 0 aliphatic rings. The van der Waals surface area contributed by atoms with Crippen molar-refractivity contribution in [2.75, 3.05) is 30.3 Å². The van der Waals surface area contributed by atoms with E-state index in [0.717, 1.165) is 21.7 Å². The van der Waals surface area contributed by atoms with Crippen molar-refractivity contribution in [3.05, 3.63) is 65.7 Å². The van der Waals surface area contributed by atoms with Crippen LogP contribution in [-0.4, -0.2) is 46.6 Å². The Morgan fingerprint density at radius 3 is 2.41 bits per heavy atom. The molecule has 0 bridgehead atoms. The number of sulfonamides is 1. The molecule has 0 spiro atoms. The first-order valence-corrected chi connectivity index (χ1v) is 11.9. The van der Waals surface area contributed by atoms with Crippen LogP contribution >= 0.6 is 0 Å². The van der Waals surface area contributed by atoms with Crippen molar-refractivity contribution in [1.82, 2.24) is 5.43 Å². The quantitative estimate of drug-likeness (QED) is 0.316. The number of nitrogens with one attached hydrogen (secondary N) is 1. The highest BCUT2D eigenvalue weighted by Crippen LogP contribution is 2.28. The van der Waals surface area contributed by atoms with Gasteiger partial charge < -0.3 is 9.47 Å². The number of carbonyl (C=O) groups excluding carboxylic acids is 1. The summed E-state index contributed by atoms with van der Waals surface area (Å²) in [4.78, 5) is 12.4. The summed E-state index contributed by atoms with van der Waals surface area (Å²) < 4.78 is 36.7. The van der Waals surface area contributed by atoms with Gasteiger partial charge in [-0.05, 0) is 67.8 Å². The van der Waals surface area contributed by atoms with Gasteiger partial charge in [-0.3, -0.25) is 9.10 Å². The molecule has 0 unspecified atom stereocenters. The number of ether oxygens (including phenoxy) is 2. The van der Waals surface area contributed by atoms with E-state index in [0.29, 0.717) is 36.0 Å². The van der Waals surface area contributed by atoms with Crippen LogP contribution in [-0.2, 0) is 14.8 Å². The predicted octanol–water partition coefficient (Wildman–Crippen LogP) is 3.18. The summed E-state index contributed by atoms with van der Waals surface area (Å²) in [6, 6.07) is 10.6. The second-order valence-electron chi connectivity index (χ2n) is 7.15. The van der Waals surface area contributed by atoms with Crippen molar-refractivity contribution in [3.8, 4) is 11.5 Å². The summed E-state index contributed by atoms with van der Waals surface area (Å²) in [6.45, 7) is 9.63. The Bertz CT molecular complexity index is 1080. The van der Waals surface area contributed by atoms with Gasteiger partial charge in [0.05, 0.1) is 24.8 Å². The molecule has 0 aromatic heterocycles. The highest BCUT2D eigenvalue weighted by molar-refractivity contribution is 7.92. The van der Waals surface area contributed by atoms with Gasteiger partial charge in [-0.25, -0.2) is 13.8 Å². The molecule has 2 rings (SSSR count). The van der Waals surface area contributed by atoms with Gasteiger partial charge in [0.25, 0.3) is 5.91 Å². The van der Waals surface area contributed by atoms with Crippen LogP contribution in [0.4, 0.5) is 5.69 Å². The highest BCUT2D eigenvalue weighted by Gasteiger charge is 2.21. The molecule has 0 heterocycles. The Morgan fingerprint density at radius 1 is 1.12 bits per heavy atom. The van der Waals surface area contributed by atoms with E-state index < -0.39 is 22.5 Å². The Morgan fingerprint density at radius 2 is 1.81 bits per heavy atom. The van der Waals surface area contributed by atoms with Crippen LogP contribution < -0.4 is 19.2 Å². The SMILES string of the molecule is C=CCOc1ccc(/C=N/NC(=O)CN(c2cc(C)cc(C)c2)S(C)(=O)=O)cc1OCC. The van der Waals surface area contributed by atoms with Gasteiger partial charge >= 0.3 is 0 Å². The van der Waals surface area contributed by atoms with Crippen LogP contribution in [0.1, 0.15) is 23.6 Å². The molecule has 0 saturated heterocycles. The largest absolute Gasteiger partial charge is 0.490 e. The second kappa shape index (κ2) is 11.3. The van der Waals surface area contributed by atoms with Gasteiger partial charge in [0, 0.05) is 0 Å². The van der Waals surface area contributed by atoms with Gasteiger partial charge in [-0.2, -0.15) is 5.10 Å². The normalized spacial score (nSPS) is 11.2. The monoisotopic (exact) mass is 459 g/mol. The molecule has 0 radical (unpaired) electrons. The van der Waals surface area contributed by atoms with E-state index in [9.17, 15) is 13.2 Å². The number of carbonyl (C=O) groups is 1. The minimum absolute atomic E-state index is 0.348. The highest BCUT2D eigenvalue weighted by atomic mass is 32.2. The Balaban J connectivity index is 2.11. The zero-order valence-corrected chi connectivity index (χ0v) is 19.6. The first-order valence-electron chi connectivity index (χ1n) is 10.0. The second-order valence-corrected chi connectivity index (χ2v) is 9.05. The maximum absolute atomic E-state index is 12.4. The molecule has 9 heteroatoms. The molecule has 2 aromatic carbocycles. The van der Waals surface area contributed by atoms with Crippen LogP contribution in [0, 0.1) is 13.8 Å². The first-order chi connectivity index (χ1) is 15.1. The predicted molar refractivity (Wildman–Crippen MR) is 127 cm³/mol. The molecule has 2 aromatic rings. The van der Waals surface area contributed by atoms with Gasteiger partial charge in [-0.15, -0.1) is 0 Å². The molecule has 1 amide bonds. The fourth-order valence-electron chi connectivity index (χ4n) is 2.98. The summed E-state index contributed by atoms with van der Waals surface area (Å²) in [7, 11) is -3.67. The molecule has 0 saturated carbocycles. The van der Waals surface area contributed by atoms with Gasteiger partial charge in [0.15, 0.2) is 11.5 Å². The van der Waals surface area contributed by atoms with Gasteiger partial charge in [0.2, 0.25) is 10.0 Å². The van der Waals surface area contributed by atoms with Gasteiger partial charge in [0.1, 0.15) is 13.2 Å². The summed E-state index contributed by atoms with van der Waals surface area (Å²) in [5.74, 6) is 0.551. The fourth-order valence-corrected chi connectivity index (χ4v) is 3.82. The number of hydrogen-bond donors (Lipinski definition) is 1. The number of aryl methyl sites for hydroxylation is 2. The fraction of sp³-hybridized carbons (Fsp3) is 0.304. The molecular formula is C23H29N3O5S. The summed E-state index contributed by atoms with van der Waals surface area (Å²) in [5, 5.41) is 3.94. The van der Waals surface area contributed by atoms with E-state index in [1.54, 1.807) is 36.4 Å². The number of amides is 1. The maximum atomic E-state index is 12.4. The molecule has 32 heavy (non-hydrogen) atoms. The average Bonchev–Trinajstić information content (AvgIpc) is 2.70. The van der Waals surface area contributed by atoms with Gasteiger partial charge in [-0.1, -0.05) is 18.7 Å². The van der Waals surface area contributed by atoms with Crippen LogP contribution in [0.25, 0.3) is 0 Å². The molecule has 172 valence electrons. The van der Waals surface area contributed by atoms with Crippen molar-refractivity contribution in [2.24, 2.45) is 5.10 Å². The Kier molecular flexibility index (Phi) is 8.83. The van der Waals surface area contributed by atoms with Crippen LogP contribution in [0.2, 0.25) is 0 Å².